The van der Waals surface area contributed by atoms with Gasteiger partial charge in [0.1, 0.15) is 0 Å². The van der Waals surface area contributed by atoms with Crippen molar-refractivity contribution in [2.24, 2.45) is 0 Å². The smallest absolute Gasteiger partial charge is 0.226 e. The molecule has 0 bridgehead atoms. The summed E-state index contributed by atoms with van der Waals surface area (Å²) < 4.78 is 0. The molecule has 0 aliphatic heterocycles. The first-order valence-electron chi connectivity index (χ1n) is 7.02. The predicted molar refractivity (Wildman–Crippen MR) is 94.1 cm³/mol. The highest BCUT2D eigenvalue weighted by Crippen LogP contribution is 2.29. The quantitative estimate of drug-likeness (QED) is 0.801. The number of hydrogen-bond acceptors (Lipinski definition) is 2. The Morgan fingerprint density at radius 1 is 1.05 bits per heavy atom. The molecule has 0 spiro atoms. The number of benzene rings is 2. The minimum atomic E-state index is -0.133. The summed E-state index contributed by atoms with van der Waals surface area (Å²) in [6.07, 6.45) is 0.328. The van der Waals surface area contributed by atoms with Gasteiger partial charge in [0.2, 0.25) is 5.91 Å². The molecule has 3 nitrogen and oxygen atoms in total. The van der Waals surface area contributed by atoms with Gasteiger partial charge in [-0.1, -0.05) is 35.3 Å². The zero-order valence-corrected chi connectivity index (χ0v) is 14.1. The maximum Gasteiger partial charge on any atom is 0.226 e. The number of hydrogen-bond donors (Lipinski definition) is 2. The van der Waals surface area contributed by atoms with Crippen LogP contribution in [0.5, 0.6) is 0 Å². The zero-order valence-electron chi connectivity index (χ0n) is 12.5. The Morgan fingerprint density at radius 3 is 2.23 bits per heavy atom. The molecule has 22 heavy (non-hydrogen) atoms. The molecule has 0 saturated carbocycles. The molecule has 0 fully saturated rings. The number of halogens is 2. The van der Waals surface area contributed by atoms with Gasteiger partial charge >= 0.3 is 0 Å². The molecule has 2 rings (SSSR count). The van der Waals surface area contributed by atoms with E-state index in [0.29, 0.717) is 28.7 Å². The van der Waals surface area contributed by atoms with Crippen LogP contribution < -0.4 is 10.6 Å². The fourth-order valence-electron chi connectivity index (χ4n) is 2.22. The molecule has 0 saturated heterocycles. The summed E-state index contributed by atoms with van der Waals surface area (Å²) >= 11 is 12.0. The molecule has 0 atom stereocenters. The Hall–Kier alpha value is -1.71. The van der Waals surface area contributed by atoms with Crippen LogP contribution in [0.25, 0.3) is 0 Å². The summed E-state index contributed by atoms with van der Waals surface area (Å²) in [6, 6.07) is 11.3. The molecule has 0 radical (unpaired) electrons. The molecule has 1 amide bonds. The summed E-state index contributed by atoms with van der Waals surface area (Å²) in [4.78, 5) is 12.0. The van der Waals surface area contributed by atoms with Crippen molar-refractivity contribution in [3.8, 4) is 0 Å². The van der Waals surface area contributed by atoms with Gasteiger partial charge in [0.05, 0.1) is 15.7 Å². The highest BCUT2D eigenvalue weighted by molar-refractivity contribution is 6.39. The van der Waals surface area contributed by atoms with Crippen LogP contribution in [0.15, 0.2) is 36.4 Å². The molecule has 0 aromatic heterocycles. The van der Waals surface area contributed by atoms with Crippen LogP contribution in [0.2, 0.25) is 10.0 Å². The maximum absolute atomic E-state index is 12.0. The minimum absolute atomic E-state index is 0.133. The highest BCUT2D eigenvalue weighted by Gasteiger charge is 2.09. The van der Waals surface area contributed by atoms with Crippen LogP contribution in [0.3, 0.4) is 0 Å². The van der Waals surface area contributed by atoms with Crippen LogP contribution in [0.1, 0.15) is 17.5 Å². The monoisotopic (exact) mass is 336 g/mol. The van der Waals surface area contributed by atoms with Crippen LogP contribution in [-0.2, 0) is 4.79 Å². The van der Waals surface area contributed by atoms with Gasteiger partial charge in [0.15, 0.2) is 0 Å². The SMILES string of the molecule is Cc1cc(C)cc(NCCC(=O)Nc2c(Cl)cccc2Cl)c1. The summed E-state index contributed by atoms with van der Waals surface area (Å²) in [5, 5.41) is 6.86. The number of carbonyl (C=O) groups excluding carboxylic acids is 1. The van der Waals surface area contributed by atoms with E-state index in [1.165, 1.54) is 11.1 Å². The normalized spacial score (nSPS) is 10.4. The van der Waals surface area contributed by atoms with Gasteiger partial charge in [0.25, 0.3) is 0 Å². The Bertz CT molecular complexity index is 646. The number of anilines is 2. The first kappa shape index (κ1) is 16.7. The zero-order chi connectivity index (χ0) is 16.1. The Balaban J connectivity index is 1.88. The van der Waals surface area contributed by atoms with Gasteiger partial charge in [-0.3, -0.25) is 4.79 Å². The predicted octanol–water partition coefficient (Wildman–Crippen LogP) is 5.05. The van der Waals surface area contributed by atoms with Crippen molar-refractivity contribution in [2.75, 3.05) is 17.2 Å². The third-order valence-corrected chi connectivity index (χ3v) is 3.76. The lowest BCUT2D eigenvalue weighted by Gasteiger charge is -2.11. The summed E-state index contributed by atoms with van der Waals surface area (Å²) in [5.41, 5.74) is 3.85. The number of aryl methyl sites for hydroxylation is 2. The van der Waals surface area contributed by atoms with E-state index in [1.807, 2.05) is 13.8 Å². The third-order valence-electron chi connectivity index (χ3n) is 3.13. The molecule has 5 heteroatoms. The van der Waals surface area contributed by atoms with Gasteiger partial charge in [-0.25, -0.2) is 0 Å². The molecule has 2 aromatic carbocycles. The lowest BCUT2D eigenvalue weighted by molar-refractivity contribution is -0.115. The molecule has 0 heterocycles. The third kappa shape index (κ3) is 4.65. The van der Waals surface area contributed by atoms with E-state index in [-0.39, 0.29) is 5.91 Å². The van der Waals surface area contributed by atoms with E-state index < -0.39 is 0 Å². The van der Waals surface area contributed by atoms with Crippen molar-refractivity contribution in [1.29, 1.82) is 0 Å². The molecule has 2 aromatic rings. The second kappa shape index (κ2) is 7.52. The fourth-order valence-corrected chi connectivity index (χ4v) is 2.71. The Labute approximate surface area is 140 Å². The minimum Gasteiger partial charge on any atom is -0.385 e. The lowest BCUT2D eigenvalue weighted by Crippen LogP contribution is -2.16. The van der Waals surface area contributed by atoms with Crippen LogP contribution >= 0.6 is 23.2 Å². The first-order valence-corrected chi connectivity index (χ1v) is 7.77. The first-order chi connectivity index (χ1) is 10.5. The van der Waals surface area contributed by atoms with Gasteiger partial charge in [-0.2, -0.15) is 0 Å². The summed E-state index contributed by atoms with van der Waals surface area (Å²) in [7, 11) is 0. The van der Waals surface area contributed by atoms with Crippen molar-refractivity contribution < 1.29 is 4.79 Å². The van der Waals surface area contributed by atoms with Gasteiger partial charge in [-0.15, -0.1) is 0 Å². The van der Waals surface area contributed by atoms with E-state index in [4.69, 9.17) is 23.2 Å². The van der Waals surface area contributed by atoms with Crippen LogP contribution in [0.4, 0.5) is 11.4 Å². The second-order valence-electron chi connectivity index (χ2n) is 5.20. The molecule has 0 unspecified atom stereocenters. The number of carbonyl (C=O) groups is 1. The van der Waals surface area contributed by atoms with E-state index >= 15 is 0 Å². The lowest BCUT2D eigenvalue weighted by atomic mass is 10.1. The van der Waals surface area contributed by atoms with Crippen molar-refractivity contribution in [3.63, 3.8) is 0 Å². The average Bonchev–Trinajstić information content (AvgIpc) is 2.42. The number of para-hydroxylation sites is 1. The molecule has 116 valence electrons. The van der Waals surface area contributed by atoms with Crippen molar-refractivity contribution in [3.05, 3.63) is 57.6 Å². The number of rotatable bonds is 5. The van der Waals surface area contributed by atoms with Gasteiger partial charge in [0, 0.05) is 18.7 Å². The number of amides is 1. The second-order valence-corrected chi connectivity index (χ2v) is 6.01. The van der Waals surface area contributed by atoms with Gasteiger partial charge in [-0.05, 0) is 49.2 Å². The number of nitrogens with one attached hydrogen (secondary N) is 2. The van der Waals surface area contributed by atoms with E-state index in [1.54, 1.807) is 18.2 Å². The standard InChI is InChI=1S/C17H18Cl2N2O/c1-11-8-12(2)10-13(9-11)20-7-6-16(22)21-17-14(18)4-3-5-15(17)19/h3-5,8-10,20H,6-7H2,1-2H3,(H,21,22). The van der Waals surface area contributed by atoms with Crippen LogP contribution in [0, 0.1) is 13.8 Å². The fraction of sp³-hybridized carbons (Fsp3) is 0.235. The topological polar surface area (TPSA) is 41.1 Å². The molecule has 0 aliphatic carbocycles. The summed E-state index contributed by atoms with van der Waals surface area (Å²) in [5.74, 6) is -0.133. The Kier molecular flexibility index (Phi) is 5.69. The molecule has 2 N–H and O–H groups in total. The maximum atomic E-state index is 12.0. The molecule has 0 aliphatic rings. The van der Waals surface area contributed by atoms with Crippen molar-refractivity contribution >= 4 is 40.5 Å². The average molecular weight is 337 g/mol. The Morgan fingerprint density at radius 2 is 1.64 bits per heavy atom. The van der Waals surface area contributed by atoms with Gasteiger partial charge < -0.3 is 10.6 Å². The summed E-state index contributed by atoms with van der Waals surface area (Å²) in [6.45, 7) is 4.63. The highest BCUT2D eigenvalue weighted by atomic mass is 35.5. The van der Waals surface area contributed by atoms with E-state index in [2.05, 4.69) is 28.8 Å². The van der Waals surface area contributed by atoms with Crippen molar-refractivity contribution in [1.82, 2.24) is 0 Å². The largest absolute Gasteiger partial charge is 0.385 e. The van der Waals surface area contributed by atoms with Crippen molar-refractivity contribution in [2.45, 2.75) is 20.3 Å². The molecular weight excluding hydrogens is 319 g/mol. The van der Waals surface area contributed by atoms with E-state index in [9.17, 15) is 4.79 Å². The van der Waals surface area contributed by atoms with E-state index in [0.717, 1.165) is 5.69 Å². The van der Waals surface area contributed by atoms with Crippen LogP contribution in [-0.4, -0.2) is 12.5 Å². The molecular formula is C17H18Cl2N2O.